The number of aromatic amines is 1. The number of hydrogen-bond acceptors (Lipinski definition) is 3. The maximum atomic E-state index is 12.8. The number of para-hydroxylation sites is 2. The van der Waals surface area contributed by atoms with Crippen LogP contribution in [0.4, 0.5) is 0 Å². The summed E-state index contributed by atoms with van der Waals surface area (Å²) in [6.07, 6.45) is 5.75. The number of rotatable bonds is 6. The Morgan fingerprint density at radius 3 is 2.44 bits per heavy atom. The second-order valence-corrected chi connectivity index (χ2v) is 7.37. The Hall–Kier alpha value is -4.33. The summed E-state index contributed by atoms with van der Waals surface area (Å²) < 4.78 is 1.81. The maximum absolute atomic E-state index is 12.8. The summed E-state index contributed by atoms with van der Waals surface area (Å²) in [5.74, 6) is -1.32. The number of nitrogens with zero attached hydrogens (tertiary/aromatic N) is 1. The summed E-state index contributed by atoms with van der Waals surface area (Å²) in [6.45, 7) is 1.35. The lowest BCUT2D eigenvalue weighted by molar-refractivity contribution is -0.128. The Morgan fingerprint density at radius 1 is 0.938 bits per heavy atom. The van der Waals surface area contributed by atoms with E-state index in [0.717, 1.165) is 16.5 Å². The third-order valence-electron chi connectivity index (χ3n) is 5.12. The highest BCUT2D eigenvalue weighted by Crippen LogP contribution is 2.19. The summed E-state index contributed by atoms with van der Waals surface area (Å²) in [5, 5.41) is 3.63. The third kappa shape index (κ3) is 4.54. The molecule has 0 saturated carbocycles. The lowest BCUT2D eigenvalue weighted by Crippen LogP contribution is -2.52. The van der Waals surface area contributed by atoms with Crippen LogP contribution in [-0.4, -0.2) is 33.3 Å². The first kappa shape index (κ1) is 20.9. The quantitative estimate of drug-likeness (QED) is 0.354. The molecule has 4 rings (SSSR count). The Bertz CT molecular complexity index is 1260. The first-order valence-corrected chi connectivity index (χ1v) is 10.2. The van der Waals surface area contributed by atoms with E-state index in [0.29, 0.717) is 11.3 Å². The zero-order valence-electron chi connectivity index (χ0n) is 17.5. The highest BCUT2D eigenvalue weighted by atomic mass is 16.2. The van der Waals surface area contributed by atoms with Crippen molar-refractivity contribution in [2.75, 3.05) is 0 Å². The smallest absolute Gasteiger partial charge is 0.271 e. The number of aromatic nitrogens is 2. The molecule has 0 spiro atoms. The van der Waals surface area contributed by atoms with E-state index in [-0.39, 0.29) is 12.3 Å². The molecule has 1 unspecified atom stereocenters. The van der Waals surface area contributed by atoms with Crippen molar-refractivity contribution in [2.24, 2.45) is 0 Å². The summed E-state index contributed by atoms with van der Waals surface area (Å²) in [7, 11) is 0. The van der Waals surface area contributed by atoms with Gasteiger partial charge in [-0.2, -0.15) is 0 Å². The molecule has 0 fully saturated rings. The number of fused-ring (bicyclic) bond motifs is 1. The number of benzene rings is 2. The molecule has 0 radical (unpaired) electrons. The molecule has 0 aliphatic heterocycles. The van der Waals surface area contributed by atoms with Crippen LogP contribution < -0.4 is 16.2 Å². The second kappa shape index (κ2) is 9.22. The average Bonchev–Trinajstić information content (AvgIpc) is 3.47. The van der Waals surface area contributed by atoms with Crippen LogP contribution in [0.3, 0.4) is 0 Å². The molecule has 0 bridgehead atoms. The Kier molecular flexibility index (Phi) is 6.03. The number of H-pyrrole nitrogens is 1. The molecule has 8 nitrogen and oxygen atoms in total. The molecule has 8 heteroatoms. The van der Waals surface area contributed by atoms with E-state index in [4.69, 9.17) is 0 Å². The second-order valence-electron chi connectivity index (χ2n) is 7.37. The molecule has 4 aromatic rings. The third-order valence-corrected chi connectivity index (χ3v) is 5.12. The number of hydrazine groups is 1. The zero-order valence-corrected chi connectivity index (χ0v) is 17.5. The van der Waals surface area contributed by atoms with Crippen molar-refractivity contribution in [3.63, 3.8) is 0 Å². The van der Waals surface area contributed by atoms with Crippen LogP contribution in [0, 0.1) is 0 Å². The minimum Gasteiger partial charge on any atom is -0.361 e. The Balaban J connectivity index is 1.47. The molecule has 2 heterocycles. The van der Waals surface area contributed by atoms with Crippen LogP contribution in [0.2, 0.25) is 0 Å². The Morgan fingerprint density at radius 2 is 1.66 bits per heavy atom. The van der Waals surface area contributed by atoms with Crippen molar-refractivity contribution >= 4 is 28.6 Å². The molecule has 4 N–H and O–H groups in total. The fraction of sp³-hybridized carbons (Fsp3) is 0.125. The van der Waals surface area contributed by atoms with E-state index >= 15 is 0 Å². The standard InChI is InChI=1S/C24H23N5O3/c1-16(30)26-21(14-17-15-25-20-10-4-2-8-18(17)20)24(32)28-27-23(31)19-9-3-5-11-22(19)29-12-6-7-13-29/h2-13,15,21,25H,14H2,1H3,(H,26,30)(H,27,31)(H,28,32). The van der Waals surface area contributed by atoms with Crippen molar-refractivity contribution < 1.29 is 14.4 Å². The molecule has 0 saturated heterocycles. The van der Waals surface area contributed by atoms with E-state index in [1.54, 1.807) is 12.1 Å². The van der Waals surface area contributed by atoms with Gasteiger partial charge in [0.2, 0.25) is 5.91 Å². The van der Waals surface area contributed by atoms with Crippen molar-refractivity contribution in [3.05, 3.63) is 90.4 Å². The van der Waals surface area contributed by atoms with E-state index < -0.39 is 17.9 Å². The van der Waals surface area contributed by atoms with Crippen molar-refractivity contribution in [1.29, 1.82) is 0 Å². The van der Waals surface area contributed by atoms with Crippen molar-refractivity contribution in [1.82, 2.24) is 25.7 Å². The molecule has 1 atom stereocenters. The predicted octanol–water partition coefficient (Wildman–Crippen LogP) is 2.47. The summed E-state index contributed by atoms with van der Waals surface area (Å²) in [6, 6.07) is 17.7. The molecule has 0 aliphatic carbocycles. The number of carbonyl (C=O) groups is 3. The van der Waals surface area contributed by atoms with Crippen LogP contribution in [0.15, 0.2) is 79.3 Å². The molecular weight excluding hydrogens is 406 g/mol. The van der Waals surface area contributed by atoms with E-state index in [9.17, 15) is 14.4 Å². The first-order chi connectivity index (χ1) is 15.5. The lowest BCUT2D eigenvalue weighted by Gasteiger charge is -2.18. The topological polar surface area (TPSA) is 108 Å². The van der Waals surface area contributed by atoms with Gasteiger partial charge in [-0.25, -0.2) is 0 Å². The number of amides is 3. The minimum atomic E-state index is -0.855. The number of carbonyl (C=O) groups excluding carboxylic acids is 3. The average molecular weight is 429 g/mol. The van der Waals surface area contributed by atoms with Crippen LogP contribution in [0.5, 0.6) is 0 Å². The van der Waals surface area contributed by atoms with Gasteiger partial charge in [0.25, 0.3) is 11.8 Å². The van der Waals surface area contributed by atoms with Gasteiger partial charge in [-0.3, -0.25) is 25.2 Å². The van der Waals surface area contributed by atoms with Gasteiger partial charge in [0.15, 0.2) is 0 Å². The highest BCUT2D eigenvalue weighted by Gasteiger charge is 2.22. The fourth-order valence-corrected chi connectivity index (χ4v) is 3.63. The Labute approximate surface area is 184 Å². The van der Waals surface area contributed by atoms with E-state index in [1.165, 1.54) is 6.92 Å². The van der Waals surface area contributed by atoms with Gasteiger partial charge >= 0.3 is 0 Å². The van der Waals surface area contributed by atoms with Gasteiger partial charge in [-0.05, 0) is 35.9 Å². The van der Waals surface area contributed by atoms with E-state index in [1.807, 2.05) is 71.7 Å². The minimum absolute atomic E-state index is 0.269. The zero-order chi connectivity index (χ0) is 22.5. The monoisotopic (exact) mass is 429 g/mol. The molecule has 2 aromatic carbocycles. The van der Waals surface area contributed by atoms with Gasteiger partial charge in [-0.1, -0.05) is 30.3 Å². The van der Waals surface area contributed by atoms with Gasteiger partial charge in [0.05, 0.1) is 11.3 Å². The maximum Gasteiger partial charge on any atom is 0.271 e. The van der Waals surface area contributed by atoms with Gasteiger partial charge in [0.1, 0.15) is 6.04 Å². The largest absolute Gasteiger partial charge is 0.361 e. The van der Waals surface area contributed by atoms with Crippen LogP contribution in [0.1, 0.15) is 22.8 Å². The number of nitrogens with one attached hydrogen (secondary N) is 4. The highest BCUT2D eigenvalue weighted by molar-refractivity contribution is 5.99. The van der Waals surface area contributed by atoms with Crippen LogP contribution >= 0.6 is 0 Å². The summed E-state index contributed by atoms with van der Waals surface area (Å²) in [4.78, 5) is 40.5. The summed E-state index contributed by atoms with van der Waals surface area (Å²) in [5.41, 5.74) is 7.82. The van der Waals surface area contributed by atoms with Crippen LogP contribution in [-0.2, 0) is 16.0 Å². The molecular formula is C24H23N5O3. The van der Waals surface area contributed by atoms with Gasteiger partial charge in [0, 0.05) is 42.8 Å². The molecule has 3 amide bonds. The summed E-state index contributed by atoms with van der Waals surface area (Å²) >= 11 is 0. The molecule has 0 aliphatic rings. The molecule has 162 valence electrons. The van der Waals surface area contributed by atoms with Crippen LogP contribution in [0.25, 0.3) is 16.6 Å². The number of hydrogen-bond donors (Lipinski definition) is 4. The van der Waals surface area contributed by atoms with E-state index in [2.05, 4.69) is 21.2 Å². The normalized spacial score (nSPS) is 11.7. The lowest BCUT2D eigenvalue weighted by atomic mass is 10.0. The predicted molar refractivity (Wildman–Crippen MR) is 121 cm³/mol. The van der Waals surface area contributed by atoms with Gasteiger partial charge in [-0.15, -0.1) is 0 Å². The SMILES string of the molecule is CC(=O)NC(Cc1c[nH]c2ccccc12)C(=O)NNC(=O)c1ccccc1-n1cccc1. The van der Waals surface area contributed by atoms with Gasteiger partial charge < -0.3 is 14.9 Å². The first-order valence-electron chi connectivity index (χ1n) is 10.2. The molecule has 32 heavy (non-hydrogen) atoms. The van der Waals surface area contributed by atoms with Crippen molar-refractivity contribution in [3.8, 4) is 5.69 Å². The van der Waals surface area contributed by atoms with Crippen molar-refractivity contribution in [2.45, 2.75) is 19.4 Å². The fourth-order valence-electron chi connectivity index (χ4n) is 3.63. The molecule has 2 aromatic heterocycles.